The fourth-order valence-electron chi connectivity index (χ4n) is 2.70. The van der Waals surface area contributed by atoms with Crippen molar-refractivity contribution in [2.75, 3.05) is 11.9 Å². The van der Waals surface area contributed by atoms with Crippen molar-refractivity contribution >= 4 is 23.4 Å². The second kappa shape index (κ2) is 6.97. The Balaban J connectivity index is 1.68. The fourth-order valence-corrected chi connectivity index (χ4v) is 2.70. The molecule has 0 aliphatic carbocycles. The lowest BCUT2D eigenvalue weighted by Gasteiger charge is -2.26. The number of hydrogen-bond donors (Lipinski definition) is 1. The van der Waals surface area contributed by atoms with Gasteiger partial charge >= 0.3 is 0 Å². The summed E-state index contributed by atoms with van der Waals surface area (Å²) in [7, 11) is 0. The van der Waals surface area contributed by atoms with Crippen molar-refractivity contribution in [2.24, 2.45) is 0 Å². The van der Waals surface area contributed by atoms with Crippen LogP contribution in [0.2, 0.25) is 0 Å². The summed E-state index contributed by atoms with van der Waals surface area (Å²) >= 11 is 0. The molecule has 6 nitrogen and oxygen atoms in total. The molecule has 0 saturated carbocycles. The minimum absolute atomic E-state index is 0.109. The normalized spacial score (nSPS) is 13.2. The Morgan fingerprint density at radius 2 is 1.84 bits per heavy atom. The van der Waals surface area contributed by atoms with Crippen LogP contribution in [-0.4, -0.2) is 29.2 Å². The first-order valence-corrected chi connectivity index (χ1v) is 7.77. The number of carbonyl (C=O) groups excluding carboxylic acids is 3. The van der Waals surface area contributed by atoms with Gasteiger partial charge in [-0.1, -0.05) is 30.3 Å². The summed E-state index contributed by atoms with van der Waals surface area (Å²) in [6.07, 6.45) is 0.405. The minimum atomic E-state index is -0.452. The van der Waals surface area contributed by atoms with E-state index in [0.29, 0.717) is 23.2 Å². The van der Waals surface area contributed by atoms with E-state index in [4.69, 9.17) is 5.26 Å². The molecule has 1 heterocycles. The number of nitrogens with one attached hydrogen (secondary N) is 1. The third kappa shape index (κ3) is 3.56. The molecule has 1 aliphatic rings. The maximum absolute atomic E-state index is 12.4. The van der Waals surface area contributed by atoms with Crippen LogP contribution in [0.4, 0.5) is 5.69 Å². The Hall–Kier alpha value is -3.46. The lowest BCUT2D eigenvalue weighted by Crippen LogP contribution is -2.46. The molecule has 0 radical (unpaired) electrons. The van der Waals surface area contributed by atoms with E-state index in [1.54, 1.807) is 48.5 Å². The smallest absolute Gasteiger partial charge is 0.261 e. The lowest BCUT2D eigenvalue weighted by molar-refractivity contribution is -0.131. The van der Waals surface area contributed by atoms with Crippen LogP contribution in [0.5, 0.6) is 0 Å². The summed E-state index contributed by atoms with van der Waals surface area (Å²) in [5.74, 6) is -1.29. The predicted molar refractivity (Wildman–Crippen MR) is 90.6 cm³/mol. The van der Waals surface area contributed by atoms with E-state index in [2.05, 4.69) is 5.32 Å². The summed E-state index contributed by atoms with van der Waals surface area (Å²) < 4.78 is 0. The van der Waals surface area contributed by atoms with Crippen LogP contribution in [-0.2, 0) is 22.4 Å². The molecule has 0 fully saturated rings. The number of amides is 3. The highest BCUT2D eigenvalue weighted by Gasteiger charge is 2.31. The Morgan fingerprint density at radius 1 is 1.12 bits per heavy atom. The number of nitriles is 1. The van der Waals surface area contributed by atoms with E-state index in [1.807, 2.05) is 6.07 Å². The predicted octanol–water partition coefficient (Wildman–Crippen LogP) is 1.92. The highest BCUT2D eigenvalue weighted by atomic mass is 16.2. The maximum Gasteiger partial charge on any atom is 0.261 e. The Labute approximate surface area is 144 Å². The number of hydrogen-bond acceptors (Lipinski definition) is 4. The summed E-state index contributed by atoms with van der Waals surface area (Å²) in [5.41, 5.74) is 2.53. The standard InChI is InChI=1S/C19H15N3O3/c20-10-9-13-5-7-15(8-6-13)21-17(23)12-22-18(24)11-14-3-1-2-4-16(14)19(22)25/h1-8H,9,11-12H2,(H,21,23). The van der Waals surface area contributed by atoms with Gasteiger partial charge in [0.05, 0.1) is 18.9 Å². The van der Waals surface area contributed by atoms with Crippen LogP contribution < -0.4 is 5.32 Å². The van der Waals surface area contributed by atoms with E-state index in [1.165, 1.54) is 0 Å². The number of carbonyl (C=O) groups is 3. The second-order valence-corrected chi connectivity index (χ2v) is 5.70. The molecule has 0 atom stereocenters. The molecular weight excluding hydrogens is 318 g/mol. The third-order valence-electron chi connectivity index (χ3n) is 3.96. The molecule has 0 aromatic heterocycles. The van der Waals surface area contributed by atoms with Gasteiger partial charge in [-0.05, 0) is 29.3 Å². The summed E-state index contributed by atoms with van der Waals surface area (Å²) in [6, 6.07) is 15.8. The van der Waals surface area contributed by atoms with Gasteiger partial charge in [-0.15, -0.1) is 0 Å². The van der Waals surface area contributed by atoms with Gasteiger partial charge < -0.3 is 5.32 Å². The molecule has 0 unspecified atom stereocenters. The first-order valence-electron chi connectivity index (χ1n) is 7.77. The number of nitrogens with zero attached hydrogens (tertiary/aromatic N) is 2. The monoisotopic (exact) mass is 333 g/mol. The van der Waals surface area contributed by atoms with E-state index in [-0.39, 0.29) is 18.9 Å². The van der Waals surface area contributed by atoms with E-state index in [9.17, 15) is 14.4 Å². The van der Waals surface area contributed by atoms with Gasteiger partial charge in [0.25, 0.3) is 5.91 Å². The Morgan fingerprint density at radius 3 is 2.56 bits per heavy atom. The molecule has 2 aromatic rings. The Bertz CT molecular complexity index is 882. The molecule has 3 amide bonds. The fraction of sp³-hybridized carbons (Fsp3) is 0.158. The van der Waals surface area contributed by atoms with Crippen LogP contribution in [0, 0.1) is 11.3 Å². The maximum atomic E-state index is 12.4. The molecule has 0 saturated heterocycles. The van der Waals surface area contributed by atoms with Crippen molar-refractivity contribution < 1.29 is 14.4 Å². The molecule has 0 bridgehead atoms. The van der Waals surface area contributed by atoms with Crippen LogP contribution in [0.1, 0.15) is 21.5 Å². The first kappa shape index (κ1) is 16.4. The molecule has 124 valence electrons. The van der Waals surface area contributed by atoms with E-state index < -0.39 is 11.8 Å². The van der Waals surface area contributed by atoms with Gasteiger partial charge in [-0.2, -0.15) is 5.26 Å². The number of fused-ring (bicyclic) bond motifs is 1. The molecular formula is C19H15N3O3. The average Bonchev–Trinajstić information content (AvgIpc) is 2.60. The van der Waals surface area contributed by atoms with E-state index >= 15 is 0 Å². The SMILES string of the molecule is N#CCc1ccc(NC(=O)CN2C(=O)Cc3ccccc3C2=O)cc1. The van der Waals surface area contributed by atoms with Crippen molar-refractivity contribution in [3.8, 4) is 6.07 Å². The molecule has 1 aliphatic heterocycles. The van der Waals surface area contributed by atoms with Gasteiger partial charge in [0.2, 0.25) is 11.8 Å². The zero-order valence-corrected chi connectivity index (χ0v) is 13.4. The third-order valence-corrected chi connectivity index (χ3v) is 3.96. The topological polar surface area (TPSA) is 90.3 Å². The summed E-state index contributed by atoms with van der Waals surface area (Å²) in [4.78, 5) is 37.8. The number of benzene rings is 2. The molecule has 0 spiro atoms. The van der Waals surface area contributed by atoms with Crippen molar-refractivity contribution in [3.63, 3.8) is 0 Å². The van der Waals surface area contributed by atoms with Gasteiger partial charge in [-0.3, -0.25) is 19.3 Å². The van der Waals surface area contributed by atoms with Crippen molar-refractivity contribution in [2.45, 2.75) is 12.8 Å². The molecule has 1 N–H and O–H groups in total. The molecule has 3 rings (SSSR count). The zero-order chi connectivity index (χ0) is 17.8. The second-order valence-electron chi connectivity index (χ2n) is 5.70. The highest BCUT2D eigenvalue weighted by Crippen LogP contribution is 2.19. The molecule has 25 heavy (non-hydrogen) atoms. The quantitative estimate of drug-likeness (QED) is 0.866. The van der Waals surface area contributed by atoms with Gasteiger partial charge in [0.15, 0.2) is 0 Å². The number of anilines is 1. The summed E-state index contributed by atoms with van der Waals surface area (Å²) in [5, 5.41) is 11.3. The molecule has 2 aromatic carbocycles. The lowest BCUT2D eigenvalue weighted by atomic mass is 9.98. The van der Waals surface area contributed by atoms with Crippen LogP contribution in [0.15, 0.2) is 48.5 Å². The van der Waals surface area contributed by atoms with Crippen LogP contribution >= 0.6 is 0 Å². The first-order chi connectivity index (χ1) is 12.1. The average molecular weight is 333 g/mol. The number of imide groups is 1. The number of rotatable bonds is 4. The van der Waals surface area contributed by atoms with E-state index in [0.717, 1.165) is 10.5 Å². The van der Waals surface area contributed by atoms with Crippen molar-refractivity contribution in [3.05, 3.63) is 65.2 Å². The zero-order valence-electron chi connectivity index (χ0n) is 13.4. The van der Waals surface area contributed by atoms with Crippen molar-refractivity contribution in [1.82, 2.24) is 4.90 Å². The Kier molecular flexibility index (Phi) is 4.57. The summed E-state index contributed by atoms with van der Waals surface area (Å²) in [6.45, 7) is -0.327. The van der Waals surface area contributed by atoms with Gasteiger partial charge in [0, 0.05) is 11.3 Å². The molecule has 6 heteroatoms. The highest BCUT2D eigenvalue weighted by molar-refractivity contribution is 6.12. The van der Waals surface area contributed by atoms with Crippen LogP contribution in [0.25, 0.3) is 0 Å². The van der Waals surface area contributed by atoms with Gasteiger partial charge in [-0.25, -0.2) is 0 Å². The van der Waals surface area contributed by atoms with Gasteiger partial charge in [0.1, 0.15) is 6.54 Å². The minimum Gasteiger partial charge on any atom is -0.325 e. The largest absolute Gasteiger partial charge is 0.325 e. The van der Waals surface area contributed by atoms with Crippen LogP contribution in [0.3, 0.4) is 0 Å². The van der Waals surface area contributed by atoms with Crippen molar-refractivity contribution in [1.29, 1.82) is 5.26 Å².